The van der Waals surface area contributed by atoms with Crippen molar-refractivity contribution in [3.05, 3.63) is 46.2 Å². The Hall–Kier alpha value is -1.66. The van der Waals surface area contributed by atoms with Crippen molar-refractivity contribution in [2.75, 3.05) is 7.11 Å². The van der Waals surface area contributed by atoms with Crippen LogP contribution in [0.4, 0.5) is 8.78 Å². The second-order valence-electron chi connectivity index (χ2n) is 3.68. The van der Waals surface area contributed by atoms with Crippen molar-refractivity contribution in [3.63, 3.8) is 0 Å². The summed E-state index contributed by atoms with van der Waals surface area (Å²) in [5, 5.41) is 0. The first-order chi connectivity index (χ1) is 8.58. The van der Waals surface area contributed by atoms with E-state index in [2.05, 4.69) is 9.97 Å². The standard InChI is InChI=1S/C12H10F2N2OS/c1-17-6-10-5-11(18)16-12(15-10)7-2-8(13)4-9(14)3-7/h2-5H,6H2,1H3,(H,15,16,18). The molecule has 0 unspecified atom stereocenters. The van der Waals surface area contributed by atoms with Gasteiger partial charge in [0.1, 0.15) is 22.1 Å². The van der Waals surface area contributed by atoms with E-state index >= 15 is 0 Å². The highest BCUT2D eigenvalue weighted by atomic mass is 32.1. The summed E-state index contributed by atoms with van der Waals surface area (Å²) < 4.78 is 31.6. The molecule has 0 saturated heterocycles. The average Bonchev–Trinajstić information content (AvgIpc) is 2.27. The summed E-state index contributed by atoms with van der Waals surface area (Å²) in [6.45, 7) is 0.316. The summed E-state index contributed by atoms with van der Waals surface area (Å²) in [7, 11) is 1.54. The minimum atomic E-state index is -0.664. The minimum Gasteiger partial charge on any atom is -0.378 e. The molecule has 1 N–H and O–H groups in total. The Kier molecular flexibility index (Phi) is 3.78. The van der Waals surface area contributed by atoms with Crippen molar-refractivity contribution in [3.8, 4) is 11.4 Å². The van der Waals surface area contributed by atoms with Gasteiger partial charge in [0.05, 0.1) is 6.61 Å². The molecule has 0 aliphatic rings. The van der Waals surface area contributed by atoms with Crippen LogP contribution in [0.25, 0.3) is 11.4 Å². The number of nitrogens with one attached hydrogen (secondary N) is 1. The number of hydrogen-bond donors (Lipinski definition) is 1. The fourth-order valence-electron chi connectivity index (χ4n) is 1.57. The van der Waals surface area contributed by atoms with E-state index < -0.39 is 11.6 Å². The molecule has 94 valence electrons. The molecule has 0 aliphatic heterocycles. The molecule has 18 heavy (non-hydrogen) atoms. The van der Waals surface area contributed by atoms with Crippen LogP contribution >= 0.6 is 12.2 Å². The highest BCUT2D eigenvalue weighted by Crippen LogP contribution is 2.18. The van der Waals surface area contributed by atoms with E-state index in [1.54, 1.807) is 13.2 Å². The molecule has 0 fully saturated rings. The molecule has 2 rings (SSSR count). The molecular weight excluding hydrogens is 258 g/mol. The zero-order valence-electron chi connectivity index (χ0n) is 9.54. The normalized spacial score (nSPS) is 10.6. The first kappa shape index (κ1) is 12.8. The molecule has 0 amide bonds. The molecule has 0 radical (unpaired) electrons. The zero-order chi connectivity index (χ0) is 13.1. The number of ether oxygens (including phenoxy) is 1. The number of H-pyrrole nitrogens is 1. The average molecular weight is 268 g/mol. The number of hydrogen-bond acceptors (Lipinski definition) is 3. The molecule has 0 bridgehead atoms. The van der Waals surface area contributed by atoms with Gasteiger partial charge < -0.3 is 9.72 Å². The van der Waals surface area contributed by atoms with Gasteiger partial charge in [-0.05, 0) is 18.2 Å². The zero-order valence-corrected chi connectivity index (χ0v) is 10.4. The minimum absolute atomic E-state index is 0.302. The van der Waals surface area contributed by atoms with Crippen LogP contribution in [0.1, 0.15) is 5.69 Å². The largest absolute Gasteiger partial charge is 0.378 e. The lowest BCUT2D eigenvalue weighted by molar-refractivity contribution is 0.181. The third-order valence-electron chi connectivity index (χ3n) is 2.23. The maximum Gasteiger partial charge on any atom is 0.139 e. The molecule has 1 aromatic heterocycles. The highest BCUT2D eigenvalue weighted by Gasteiger charge is 2.06. The van der Waals surface area contributed by atoms with E-state index in [0.29, 0.717) is 28.3 Å². The number of rotatable bonds is 3. The van der Waals surface area contributed by atoms with E-state index in [1.807, 2.05) is 0 Å². The van der Waals surface area contributed by atoms with Crippen LogP contribution in [0.2, 0.25) is 0 Å². The molecule has 0 atom stereocenters. The molecule has 3 nitrogen and oxygen atoms in total. The maximum atomic E-state index is 13.1. The molecule has 1 aromatic carbocycles. The first-order valence-corrected chi connectivity index (χ1v) is 5.55. The van der Waals surface area contributed by atoms with Gasteiger partial charge in [0.2, 0.25) is 0 Å². The second-order valence-corrected chi connectivity index (χ2v) is 4.10. The van der Waals surface area contributed by atoms with Crippen molar-refractivity contribution < 1.29 is 13.5 Å². The van der Waals surface area contributed by atoms with E-state index in [9.17, 15) is 8.78 Å². The lowest BCUT2D eigenvalue weighted by atomic mass is 10.2. The number of aromatic amines is 1. The van der Waals surface area contributed by atoms with Crippen molar-refractivity contribution in [2.24, 2.45) is 0 Å². The van der Waals surface area contributed by atoms with Crippen LogP contribution in [0.15, 0.2) is 24.3 Å². The summed E-state index contributed by atoms with van der Waals surface area (Å²) in [4.78, 5) is 6.96. The van der Waals surface area contributed by atoms with Crippen molar-refractivity contribution in [2.45, 2.75) is 6.61 Å². The van der Waals surface area contributed by atoms with Crippen molar-refractivity contribution >= 4 is 12.2 Å². The van der Waals surface area contributed by atoms with Crippen LogP contribution < -0.4 is 0 Å². The van der Waals surface area contributed by atoms with Gasteiger partial charge in [0, 0.05) is 24.4 Å². The number of nitrogens with zero attached hydrogens (tertiary/aromatic N) is 1. The summed E-state index contributed by atoms with van der Waals surface area (Å²) >= 11 is 4.99. The molecule has 6 heteroatoms. The second kappa shape index (κ2) is 5.32. The maximum absolute atomic E-state index is 13.1. The van der Waals surface area contributed by atoms with E-state index in [-0.39, 0.29) is 0 Å². The molecule has 1 heterocycles. The van der Waals surface area contributed by atoms with Crippen molar-refractivity contribution in [1.29, 1.82) is 0 Å². The van der Waals surface area contributed by atoms with Crippen molar-refractivity contribution in [1.82, 2.24) is 9.97 Å². The van der Waals surface area contributed by atoms with Crippen LogP contribution in [0.3, 0.4) is 0 Å². The Balaban J connectivity index is 2.52. The highest BCUT2D eigenvalue weighted by molar-refractivity contribution is 7.71. The third-order valence-corrected chi connectivity index (χ3v) is 2.44. The lowest BCUT2D eigenvalue weighted by Crippen LogP contribution is -1.98. The smallest absolute Gasteiger partial charge is 0.139 e. The van der Waals surface area contributed by atoms with Gasteiger partial charge in [-0.2, -0.15) is 0 Å². The Morgan fingerprint density at radius 2 is 1.89 bits per heavy atom. The SMILES string of the molecule is COCc1cc(=S)nc(-c2cc(F)cc(F)c2)[nH]1. The summed E-state index contributed by atoms with van der Waals surface area (Å²) in [6.07, 6.45) is 0. The number of halogens is 2. The van der Waals surface area contributed by atoms with Gasteiger partial charge in [-0.25, -0.2) is 13.8 Å². The summed E-state index contributed by atoms with van der Waals surface area (Å²) in [5.74, 6) is -1.01. The topological polar surface area (TPSA) is 37.9 Å². The fourth-order valence-corrected chi connectivity index (χ4v) is 1.80. The molecule has 0 aliphatic carbocycles. The van der Waals surface area contributed by atoms with Gasteiger partial charge in [0.25, 0.3) is 0 Å². The Bertz CT molecular complexity index is 607. The quantitative estimate of drug-likeness (QED) is 0.868. The van der Waals surface area contributed by atoms with Gasteiger partial charge in [0.15, 0.2) is 0 Å². The third kappa shape index (κ3) is 2.96. The predicted octanol–water partition coefficient (Wildman–Crippen LogP) is 3.23. The van der Waals surface area contributed by atoms with E-state index in [4.69, 9.17) is 17.0 Å². The van der Waals surface area contributed by atoms with Crippen LogP contribution in [0.5, 0.6) is 0 Å². The van der Waals surface area contributed by atoms with E-state index in [1.165, 1.54) is 12.1 Å². The van der Waals surface area contributed by atoms with Gasteiger partial charge in [-0.1, -0.05) is 12.2 Å². The molecule has 2 aromatic rings. The molecule has 0 spiro atoms. The number of methoxy groups -OCH3 is 1. The Morgan fingerprint density at radius 3 is 2.50 bits per heavy atom. The van der Waals surface area contributed by atoms with E-state index in [0.717, 1.165) is 6.07 Å². The van der Waals surface area contributed by atoms with Gasteiger partial charge >= 0.3 is 0 Å². The monoisotopic (exact) mass is 268 g/mol. The molecular formula is C12H10F2N2OS. The van der Waals surface area contributed by atoms with Crippen LogP contribution in [-0.4, -0.2) is 17.1 Å². The lowest BCUT2D eigenvalue weighted by Gasteiger charge is -2.05. The summed E-state index contributed by atoms with van der Waals surface area (Å²) in [6, 6.07) is 4.82. The number of benzene rings is 1. The van der Waals surface area contributed by atoms with Gasteiger partial charge in [-0.15, -0.1) is 0 Å². The Morgan fingerprint density at radius 1 is 1.22 bits per heavy atom. The van der Waals surface area contributed by atoms with Crippen LogP contribution in [0, 0.1) is 16.3 Å². The number of aromatic nitrogens is 2. The van der Waals surface area contributed by atoms with Gasteiger partial charge in [-0.3, -0.25) is 0 Å². The predicted molar refractivity (Wildman–Crippen MR) is 65.5 cm³/mol. The van der Waals surface area contributed by atoms with Crippen LogP contribution in [-0.2, 0) is 11.3 Å². The molecule has 0 saturated carbocycles. The fraction of sp³-hybridized carbons (Fsp3) is 0.167. The summed E-state index contributed by atoms with van der Waals surface area (Å²) in [5.41, 5.74) is 0.994. The first-order valence-electron chi connectivity index (χ1n) is 5.14. The Labute approximate surface area is 107 Å².